The van der Waals surface area contributed by atoms with Gasteiger partial charge in [-0.1, -0.05) is 74.5 Å². The third-order valence-electron chi connectivity index (χ3n) is 5.64. The summed E-state index contributed by atoms with van der Waals surface area (Å²) in [6.45, 7) is 5.77. The average Bonchev–Trinajstić information content (AvgIpc) is 3.21. The monoisotopic (exact) mass is 379 g/mol. The Morgan fingerprint density at radius 1 is 0.724 bits per heavy atom. The van der Waals surface area contributed by atoms with E-state index in [0.29, 0.717) is 5.41 Å². The van der Waals surface area contributed by atoms with E-state index in [1.165, 1.54) is 27.9 Å². The van der Waals surface area contributed by atoms with E-state index in [4.69, 9.17) is 4.74 Å². The molecule has 1 aromatic heterocycles. The summed E-state index contributed by atoms with van der Waals surface area (Å²) in [6.07, 6.45) is 3.44. The number of aromatic nitrogens is 1. The maximum Gasteiger partial charge on any atom is 0.127 e. The lowest BCUT2D eigenvalue weighted by Crippen LogP contribution is -2.12. The third-order valence-corrected chi connectivity index (χ3v) is 5.64. The molecule has 5 rings (SSSR count). The highest BCUT2D eigenvalue weighted by Gasteiger charge is 2.32. The molecule has 3 aromatic carbocycles. The summed E-state index contributed by atoms with van der Waals surface area (Å²) < 4.78 is 8.42. The lowest BCUT2D eigenvalue weighted by Gasteiger charge is -2.16. The van der Waals surface area contributed by atoms with Crippen molar-refractivity contribution in [3.8, 4) is 33.8 Å². The summed E-state index contributed by atoms with van der Waals surface area (Å²) in [4.78, 5) is 0. The van der Waals surface area contributed by atoms with Crippen LogP contribution in [0.1, 0.15) is 19.5 Å². The predicted molar refractivity (Wildman–Crippen MR) is 119 cm³/mol. The minimum Gasteiger partial charge on any atom is -0.457 e. The second kappa shape index (κ2) is 6.97. The van der Waals surface area contributed by atoms with Crippen LogP contribution >= 0.6 is 0 Å². The van der Waals surface area contributed by atoms with Gasteiger partial charge in [0.25, 0.3) is 0 Å². The van der Waals surface area contributed by atoms with Gasteiger partial charge in [0.2, 0.25) is 0 Å². The zero-order valence-electron chi connectivity index (χ0n) is 16.9. The number of hydrogen-bond donors (Lipinski definition) is 0. The molecule has 0 fully saturated rings. The molecule has 144 valence electrons. The minimum atomic E-state index is 0.310. The molecule has 0 spiro atoms. The van der Waals surface area contributed by atoms with E-state index in [0.717, 1.165) is 24.5 Å². The van der Waals surface area contributed by atoms with Crippen molar-refractivity contribution in [1.82, 2.24) is 4.57 Å². The van der Waals surface area contributed by atoms with Crippen LogP contribution in [-0.4, -0.2) is 4.57 Å². The first-order valence-corrected chi connectivity index (χ1v) is 10.2. The Kier molecular flexibility index (Phi) is 4.28. The lowest BCUT2D eigenvalue weighted by atomic mass is 9.87. The summed E-state index contributed by atoms with van der Waals surface area (Å²) in [6, 6.07) is 29.1. The van der Waals surface area contributed by atoms with E-state index < -0.39 is 0 Å². The Balaban J connectivity index is 1.53. The number of rotatable bonds is 4. The van der Waals surface area contributed by atoms with Crippen LogP contribution in [0.5, 0.6) is 11.5 Å². The van der Waals surface area contributed by atoms with Gasteiger partial charge >= 0.3 is 0 Å². The van der Waals surface area contributed by atoms with Gasteiger partial charge < -0.3 is 9.30 Å². The second-order valence-corrected chi connectivity index (χ2v) is 8.64. The fraction of sp³-hybridized carbons (Fsp3) is 0.185. The highest BCUT2D eigenvalue weighted by Crippen LogP contribution is 2.44. The standard InChI is InChI=1S/C27H25NO/c1-27(2)17-25-26(21-9-5-3-6-10-21)24(18-28(25)19-27)20-13-15-23(16-14-20)29-22-11-7-4-8-12-22/h3-16,18H,17,19H2,1-2H3. The van der Waals surface area contributed by atoms with E-state index >= 15 is 0 Å². The van der Waals surface area contributed by atoms with Crippen LogP contribution in [0.25, 0.3) is 22.3 Å². The predicted octanol–water partition coefficient (Wildman–Crippen LogP) is 7.20. The van der Waals surface area contributed by atoms with Crippen molar-refractivity contribution in [2.75, 3.05) is 0 Å². The van der Waals surface area contributed by atoms with Crippen molar-refractivity contribution in [2.24, 2.45) is 5.41 Å². The van der Waals surface area contributed by atoms with Crippen molar-refractivity contribution < 1.29 is 4.74 Å². The first-order chi connectivity index (χ1) is 14.1. The molecular formula is C27H25NO. The van der Waals surface area contributed by atoms with Gasteiger partial charge in [-0.25, -0.2) is 0 Å². The zero-order valence-corrected chi connectivity index (χ0v) is 16.9. The molecule has 0 saturated heterocycles. The van der Waals surface area contributed by atoms with Crippen LogP contribution < -0.4 is 4.74 Å². The Morgan fingerprint density at radius 2 is 1.34 bits per heavy atom. The summed E-state index contributed by atoms with van der Waals surface area (Å²) in [5.41, 5.74) is 6.94. The Labute approximate surface area is 172 Å². The number of hydrogen-bond acceptors (Lipinski definition) is 1. The van der Waals surface area contributed by atoms with Gasteiger partial charge in [0, 0.05) is 29.6 Å². The van der Waals surface area contributed by atoms with Crippen LogP contribution in [0.2, 0.25) is 0 Å². The third kappa shape index (κ3) is 3.47. The summed E-state index contributed by atoms with van der Waals surface area (Å²) in [7, 11) is 0. The number of benzene rings is 3. The first-order valence-electron chi connectivity index (χ1n) is 10.2. The SMILES string of the molecule is CC1(C)Cc2c(-c3ccccc3)c(-c3ccc(Oc4ccccc4)cc3)cn2C1. The molecule has 0 amide bonds. The quantitative estimate of drug-likeness (QED) is 0.366. The Bertz CT molecular complexity index is 1120. The normalized spacial score (nSPS) is 14.6. The minimum absolute atomic E-state index is 0.310. The van der Waals surface area contributed by atoms with Gasteiger partial charge in [0.05, 0.1) is 0 Å². The molecule has 2 nitrogen and oxygen atoms in total. The molecule has 2 heteroatoms. The highest BCUT2D eigenvalue weighted by molar-refractivity contribution is 5.86. The second-order valence-electron chi connectivity index (χ2n) is 8.64. The molecular weight excluding hydrogens is 354 g/mol. The van der Waals surface area contributed by atoms with Crippen LogP contribution in [0.3, 0.4) is 0 Å². The van der Waals surface area contributed by atoms with Crippen LogP contribution in [0.15, 0.2) is 91.1 Å². The van der Waals surface area contributed by atoms with Gasteiger partial charge in [0.15, 0.2) is 0 Å². The lowest BCUT2D eigenvalue weighted by molar-refractivity contribution is 0.359. The van der Waals surface area contributed by atoms with Crippen molar-refractivity contribution >= 4 is 0 Å². The summed E-state index contributed by atoms with van der Waals surface area (Å²) >= 11 is 0. The van der Waals surface area contributed by atoms with Crippen molar-refractivity contribution in [3.63, 3.8) is 0 Å². The molecule has 2 heterocycles. The molecule has 29 heavy (non-hydrogen) atoms. The van der Waals surface area contributed by atoms with Gasteiger partial charge in [-0.2, -0.15) is 0 Å². The Hall–Kier alpha value is -3.26. The fourth-order valence-corrected chi connectivity index (χ4v) is 4.37. The number of ether oxygens (including phenoxy) is 1. The maximum absolute atomic E-state index is 5.97. The highest BCUT2D eigenvalue weighted by atomic mass is 16.5. The molecule has 1 aliphatic rings. The molecule has 0 aliphatic carbocycles. The Morgan fingerprint density at radius 3 is 2.03 bits per heavy atom. The molecule has 0 atom stereocenters. The number of para-hydroxylation sites is 1. The molecule has 0 bridgehead atoms. The maximum atomic E-state index is 5.97. The zero-order chi connectivity index (χ0) is 19.8. The number of fused-ring (bicyclic) bond motifs is 1. The van der Waals surface area contributed by atoms with Crippen LogP contribution in [0, 0.1) is 5.41 Å². The van der Waals surface area contributed by atoms with E-state index in [9.17, 15) is 0 Å². The summed E-state index contributed by atoms with van der Waals surface area (Å²) in [5.74, 6) is 1.71. The van der Waals surface area contributed by atoms with Crippen molar-refractivity contribution in [1.29, 1.82) is 0 Å². The van der Waals surface area contributed by atoms with Crippen molar-refractivity contribution in [2.45, 2.75) is 26.8 Å². The average molecular weight is 380 g/mol. The van der Waals surface area contributed by atoms with Gasteiger partial charge in [0.1, 0.15) is 11.5 Å². The van der Waals surface area contributed by atoms with Crippen LogP contribution in [-0.2, 0) is 13.0 Å². The van der Waals surface area contributed by atoms with E-state index in [1.807, 2.05) is 30.3 Å². The van der Waals surface area contributed by atoms with E-state index in [-0.39, 0.29) is 0 Å². The first kappa shape index (κ1) is 17.8. The topological polar surface area (TPSA) is 14.2 Å². The molecule has 1 aliphatic heterocycles. The number of nitrogens with zero attached hydrogens (tertiary/aromatic N) is 1. The molecule has 4 aromatic rings. The molecule has 0 radical (unpaired) electrons. The molecule has 0 saturated carbocycles. The van der Waals surface area contributed by atoms with E-state index in [2.05, 4.69) is 79.2 Å². The van der Waals surface area contributed by atoms with Gasteiger partial charge in [-0.05, 0) is 47.2 Å². The fourth-order valence-electron chi connectivity index (χ4n) is 4.37. The molecule has 0 N–H and O–H groups in total. The molecule has 0 unspecified atom stereocenters. The largest absolute Gasteiger partial charge is 0.457 e. The van der Waals surface area contributed by atoms with Crippen molar-refractivity contribution in [3.05, 3.63) is 96.8 Å². The van der Waals surface area contributed by atoms with Gasteiger partial charge in [-0.15, -0.1) is 0 Å². The summed E-state index contributed by atoms with van der Waals surface area (Å²) in [5, 5.41) is 0. The van der Waals surface area contributed by atoms with Crippen LogP contribution in [0.4, 0.5) is 0 Å². The smallest absolute Gasteiger partial charge is 0.127 e. The van der Waals surface area contributed by atoms with Gasteiger partial charge in [-0.3, -0.25) is 0 Å². The van der Waals surface area contributed by atoms with E-state index in [1.54, 1.807) is 0 Å².